The molecule has 0 aromatic heterocycles. The van der Waals surface area contributed by atoms with Crippen LogP contribution in [0.3, 0.4) is 0 Å². The van der Waals surface area contributed by atoms with Gasteiger partial charge in [-0.3, -0.25) is 15.0 Å². The highest BCUT2D eigenvalue weighted by Crippen LogP contribution is 2.17. The molecule has 2 rings (SSSR count). The van der Waals surface area contributed by atoms with Crippen molar-refractivity contribution in [1.29, 1.82) is 0 Å². The summed E-state index contributed by atoms with van der Waals surface area (Å²) in [4.78, 5) is 25.9. The molecule has 0 bridgehead atoms. The lowest BCUT2D eigenvalue weighted by molar-refractivity contribution is -0.124. The number of rotatable bonds is 5. The summed E-state index contributed by atoms with van der Waals surface area (Å²) in [5.41, 5.74) is 0.520. The molecule has 1 aromatic carbocycles. The van der Waals surface area contributed by atoms with Crippen LogP contribution >= 0.6 is 0 Å². The van der Waals surface area contributed by atoms with E-state index in [-0.39, 0.29) is 17.8 Å². The number of likely N-dealkylation sites (N-methyl/N-ethyl adjacent to an activating group) is 1. The normalized spacial score (nSPS) is 16.7. The summed E-state index contributed by atoms with van der Waals surface area (Å²) in [6.07, 6.45) is 5.35. The number of urea groups is 1. The van der Waals surface area contributed by atoms with Crippen LogP contribution in [0.25, 0.3) is 0 Å². The van der Waals surface area contributed by atoms with Crippen LogP contribution in [0.5, 0.6) is 0 Å². The Morgan fingerprint density at radius 1 is 1.25 bits per heavy atom. The highest BCUT2D eigenvalue weighted by Gasteiger charge is 2.22. The minimum absolute atomic E-state index is 0.151. The molecule has 1 saturated carbocycles. The van der Waals surface area contributed by atoms with E-state index in [1.807, 2.05) is 0 Å². The number of benzene rings is 1. The summed E-state index contributed by atoms with van der Waals surface area (Å²) in [5, 5.41) is 5.24. The van der Waals surface area contributed by atoms with Crippen molar-refractivity contribution < 1.29 is 14.0 Å². The number of imide groups is 1. The minimum Gasteiger partial charge on any atom is -0.335 e. The van der Waals surface area contributed by atoms with Crippen LogP contribution in [0, 0.1) is 5.82 Å². The molecule has 132 valence electrons. The predicted octanol–water partition coefficient (Wildman–Crippen LogP) is 2.80. The van der Waals surface area contributed by atoms with Crippen molar-refractivity contribution in [3.05, 3.63) is 35.6 Å². The van der Waals surface area contributed by atoms with Gasteiger partial charge < -0.3 is 5.32 Å². The Hall–Kier alpha value is -1.95. The fraction of sp³-hybridized carbons (Fsp3) is 0.556. The number of amides is 3. The Bertz CT molecular complexity index is 573. The van der Waals surface area contributed by atoms with Gasteiger partial charge in [0.05, 0.1) is 6.04 Å². The number of hydrogen-bond acceptors (Lipinski definition) is 3. The standard InChI is InChI=1S/C18H26FN3O2/c1-13(22(2)12-14-8-6-7-11-16(14)19)17(23)21-18(24)20-15-9-4-3-5-10-15/h6-8,11,13,15H,3-5,9-10,12H2,1-2H3,(H2,20,21,23,24)/t13-/m0/s1. The van der Waals surface area contributed by atoms with Gasteiger partial charge >= 0.3 is 6.03 Å². The van der Waals surface area contributed by atoms with Crippen molar-refractivity contribution in [2.75, 3.05) is 7.05 Å². The van der Waals surface area contributed by atoms with Crippen molar-refractivity contribution in [3.8, 4) is 0 Å². The first-order chi connectivity index (χ1) is 11.5. The summed E-state index contributed by atoms with van der Waals surface area (Å²) in [6, 6.07) is 5.63. The topological polar surface area (TPSA) is 61.4 Å². The maximum absolute atomic E-state index is 13.7. The SMILES string of the molecule is C[C@@H](C(=O)NC(=O)NC1CCCCC1)N(C)Cc1ccccc1F. The molecular formula is C18H26FN3O2. The van der Waals surface area contributed by atoms with Crippen LogP contribution in [-0.2, 0) is 11.3 Å². The third-order valence-corrected chi connectivity index (χ3v) is 4.60. The van der Waals surface area contributed by atoms with Crippen LogP contribution in [0.4, 0.5) is 9.18 Å². The molecule has 0 saturated heterocycles. The molecule has 0 heterocycles. The van der Waals surface area contributed by atoms with E-state index in [4.69, 9.17) is 0 Å². The van der Waals surface area contributed by atoms with Crippen molar-refractivity contribution in [2.24, 2.45) is 0 Å². The lowest BCUT2D eigenvalue weighted by Gasteiger charge is -2.25. The molecule has 5 nitrogen and oxygen atoms in total. The minimum atomic E-state index is -0.540. The lowest BCUT2D eigenvalue weighted by Crippen LogP contribution is -2.50. The molecule has 0 aliphatic heterocycles. The summed E-state index contributed by atoms with van der Waals surface area (Å²) < 4.78 is 13.7. The first-order valence-corrected chi connectivity index (χ1v) is 8.52. The third-order valence-electron chi connectivity index (χ3n) is 4.60. The van der Waals surface area contributed by atoms with Crippen molar-refractivity contribution in [2.45, 2.75) is 57.7 Å². The largest absolute Gasteiger partial charge is 0.335 e. The number of halogens is 1. The Labute approximate surface area is 142 Å². The zero-order valence-electron chi connectivity index (χ0n) is 14.3. The first kappa shape index (κ1) is 18.4. The molecule has 3 amide bonds. The van der Waals surface area contributed by atoms with Gasteiger partial charge in [0.15, 0.2) is 0 Å². The Kier molecular flexibility index (Phi) is 6.73. The summed E-state index contributed by atoms with van der Waals surface area (Å²) in [6.45, 7) is 2.00. The van der Waals surface area contributed by atoms with Crippen molar-refractivity contribution in [1.82, 2.24) is 15.5 Å². The molecule has 1 fully saturated rings. The van der Waals surface area contributed by atoms with Gasteiger partial charge in [-0.25, -0.2) is 9.18 Å². The molecule has 2 N–H and O–H groups in total. The molecule has 6 heteroatoms. The highest BCUT2D eigenvalue weighted by atomic mass is 19.1. The van der Waals surface area contributed by atoms with Crippen LogP contribution < -0.4 is 10.6 Å². The van der Waals surface area contributed by atoms with Gasteiger partial charge in [-0.15, -0.1) is 0 Å². The van der Waals surface area contributed by atoms with Crippen LogP contribution in [-0.4, -0.2) is 36.0 Å². The number of carbonyl (C=O) groups is 2. The van der Waals surface area contributed by atoms with Gasteiger partial charge in [0.25, 0.3) is 0 Å². The zero-order valence-corrected chi connectivity index (χ0v) is 14.3. The van der Waals surface area contributed by atoms with Gasteiger partial charge in [0.2, 0.25) is 5.91 Å². The first-order valence-electron chi connectivity index (χ1n) is 8.52. The van der Waals surface area contributed by atoms with E-state index in [9.17, 15) is 14.0 Å². The molecule has 24 heavy (non-hydrogen) atoms. The summed E-state index contributed by atoms with van der Waals surface area (Å²) >= 11 is 0. The monoisotopic (exact) mass is 335 g/mol. The predicted molar refractivity (Wildman–Crippen MR) is 90.9 cm³/mol. The summed E-state index contributed by atoms with van der Waals surface area (Å²) in [5.74, 6) is -0.686. The number of nitrogens with zero attached hydrogens (tertiary/aromatic N) is 1. The number of carbonyl (C=O) groups excluding carboxylic acids is 2. The van der Waals surface area contributed by atoms with Crippen LogP contribution in [0.1, 0.15) is 44.6 Å². The number of hydrogen-bond donors (Lipinski definition) is 2. The summed E-state index contributed by atoms with van der Waals surface area (Å²) in [7, 11) is 1.73. The smallest absolute Gasteiger partial charge is 0.321 e. The molecule has 1 aromatic rings. The van der Waals surface area contributed by atoms with Gasteiger partial charge in [0, 0.05) is 18.2 Å². The molecule has 0 unspecified atom stereocenters. The second-order valence-electron chi connectivity index (χ2n) is 6.48. The molecule has 0 spiro atoms. The van der Waals surface area contributed by atoms with Gasteiger partial charge in [-0.05, 0) is 32.9 Å². The van der Waals surface area contributed by atoms with E-state index in [0.29, 0.717) is 12.1 Å². The van der Waals surface area contributed by atoms with E-state index in [1.54, 1.807) is 37.1 Å². The van der Waals surface area contributed by atoms with Gasteiger partial charge in [-0.1, -0.05) is 37.5 Å². The van der Waals surface area contributed by atoms with Crippen molar-refractivity contribution >= 4 is 11.9 Å². The van der Waals surface area contributed by atoms with Crippen molar-refractivity contribution in [3.63, 3.8) is 0 Å². The van der Waals surface area contributed by atoms with E-state index < -0.39 is 12.1 Å². The fourth-order valence-corrected chi connectivity index (χ4v) is 2.92. The van der Waals surface area contributed by atoms with E-state index in [1.165, 1.54) is 12.5 Å². The van der Waals surface area contributed by atoms with Gasteiger partial charge in [0.1, 0.15) is 5.82 Å². The van der Waals surface area contributed by atoms with Gasteiger partial charge in [-0.2, -0.15) is 0 Å². The highest BCUT2D eigenvalue weighted by molar-refractivity contribution is 5.96. The number of nitrogens with one attached hydrogen (secondary N) is 2. The molecule has 0 radical (unpaired) electrons. The average molecular weight is 335 g/mol. The second-order valence-corrected chi connectivity index (χ2v) is 6.48. The van der Waals surface area contributed by atoms with Crippen LogP contribution in [0.2, 0.25) is 0 Å². The molecular weight excluding hydrogens is 309 g/mol. The Balaban J connectivity index is 1.82. The fourth-order valence-electron chi connectivity index (χ4n) is 2.92. The van der Waals surface area contributed by atoms with E-state index in [0.717, 1.165) is 25.7 Å². The average Bonchev–Trinajstić information content (AvgIpc) is 2.57. The Morgan fingerprint density at radius 3 is 2.58 bits per heavy atom. The maximum atomic E-state index is 13.7. The molecule has 1 aliphatic carbocycles. The third kappa shape index (κ3) is 5.30. The van der Waals surface area contributed by atoms with E-state index >= 15 is 0 Å². The second kappa shape index (κ2) is 8.78. The zero-order chi connectivity index (χ0) is 17.5. The molecule has 1 atom stereocenters. The maximum Gasteiger partial charge on any atom is 0.321 e. The van der Waals surface area contributed by atoms with E-state index in [2.05, 4.69) is 10.6 Å². The quantitative estimate of drug-likeness (QED) is 0.870. The lowest BCUT2D eigenvalue weighted by atomic mass is 9.96. The molecule has 1 aliphatic rings. The van der Waals surface area contributed by atoms with Crippen LogP contribution in [0.15, 0.2) is 24.3 Å². The Morgan fingerprint density at radius 2 is 1.92 bits per heavy atom.